The maximum absolute atomic E-state index is 5.82. The van der Waals surface area contributed by atoms with Gasteiger partial charge >= 0.3 is 0 Å². The van der Waals surface area contributed by atoms with E-state index in [1.54, 1.807) is 0 Å². The lowest BCUT2D eigenvalue weighted by Gasteiger charge is -2.20. The molecular formula is C11H19B. The lowest BCUT2D eigenvalue weighted by Crippen LogP contribution is -2.06. The fourth-order valence-corrected chi connectivity index (χ4v) is 0.594. The van der Waals surface area contributed by atoms with Gasteiger partial charge in [0.2, 0.25) is 0 Å². The van der Waals surface area contributed by atoms with E-state index < -0.39 is 0 Å². The molecule has 2 radical (unpaired) electrons. The highest BCUT2D eigenvalue weighted by Crippen LogP contribution is 2.25. The highest BCUT2D eigenvalue weighted by molar-refractivity contribution is 6.23. The molecule has 0 saturated heterocycles. The molecule has 0 aliphatic carbocycles. The van der Waals surface area contributed by atoms with E-state index in [9.17, 15) is 0 Å². The molecule has 0 aromatic rings. The summed E-state index contributed by atoms with van der Waals surface area (Å²) in [6, 6.07) is 0. The highest BCUT2D eigenvalue weighted by atomic mass is 14.2. The molecule has 12 heavy (non-hydrogen) atoms. The molecule has 66 valence electrons. The summed E-state index contributed by atoms with van der Waals surface area (Å²) in [5.41, 5.74) is 3.61. The first-order valence-electron chi connectivity index (χ1n) is 4.37. The van der Waals surface area contributed by atoms with Gasteiger partial charge in [-0.3, -0.25) is 0 Å². The lowest BCUT2D eigenvalue weighted by atomic mass is 9.82. The molecular weight excluding hydrogens is 143 g/mol. The average molecular weight is 162 g/mol. The summed E-state index contributed by atoms with van der Waals surface area (Å²) >= 11 is 0. The molecule has 0 heterocycles. The molecule has 0 amide bonds. The molecule has 0 fully saturated rings. The number of hydrogen-bond acceptors (Lipinski definition) is 0. The van der Waals surface area contributed by atoms with E-state index in [1.165, 1.54) is 11.1 Å². The van der Waals surface area contributed by atoms with Gasteiger partial charge in [0.05, 0.1) is 0 Å². The Bertz CT molecular complexity index is 210. The van der Waals surface area contributed by atoms with Gasteiger partial charge in [-0.15, -0.1) is 0 Å². The molecule has 0 rings (SSSR count). The first-order chi connectivity index (χ1) is 5.25. The van der Waals surface area contributed by atoms with Crippen molar-refractivity contribution in [3.63, 3.8) is 0 Å². The Kier molecular flexibility index (Phi) is 3.82. The van der Waals surface area contributed by atoms with Crippen LogP contribution in [0.3, 0.4) is 0 Å². The van der Waals surface area contributed by atoms with Crippen LogP contribution in [0.25, 0.3) is 0 Å². The van der Waals surface area contributed by atoms with E-state index in [0.717, 1.165) is 5.47 Å². The Morgan fingerprint density at radius 1 is 1.08 bits per heavy atom. The van der Waals surface area contributed by atoms with E-state index in [0.29, 0.717) is 0 Å². The summed E-state index contributed by atoms with van der Waals surface area (Å²) in [6.07, 6.45) is 2.06. The summed E-state index contributed by atoms with van der Waals surface area (Å²) in [6.45, 7) is 12.8. The number of rotatable bonds is 1. The maximum atomic E-state index is 5.82. The average Bonchev–Trinajstić information content (AvgIpc) is 1.85. The van der Waals surface area contributed by atoms with Gasteiger partial charge in [0.25, 0.3) is 0 Å². The van der Waals surface area contributed by atoms with E-state index in [1.807, 2.05) is 13.8 Å². The van der Waals surface area contributed by atoms with Gasteiger partial charge in [-0.2, -0.15) is 0 Å². The van der Waals surface area contributed by atoms with Gasteiger partial charge in [0.15, 0.2) is 0 Å². The monoisotopic (exact) mass is 162 g/mol. The van der Waals surface area contributed by atoms with Gasteiger partial charge in [0, 0.05) is 0 Å². The van der Waals surface area contributed by atoms with Crippen molar-refractivity contribution in [1.82, 2.24) is 0 Å². The second kappa shape index (κ2) is 3.98. The van der Waals surface area contributed by atoms with E-state index in [-0.39, 0.29) is 5.41 Å². The van der Waals surface area contributed by atoms with Crippen LogP contribution in [0.1, 0.15) is 41.5 Å². The van der Waals surface area contributed by atoms with E-state index in [2.05, 4.69) is 33.8 Å². The molecule has 1 heteroatoms. The van der Waals surface area contributed by atoms with E-state index >= 15 is 0 Å². The molecule has 0 bridgehead atoms. The minimum atomic E-state index is 0.222. The molecule has 0 nitrogen and oxygen atoms in total. The summed E-state index contributed by atoms with van der Waals surface area (Å²) in [5, 5.41) is 0. The third-order valence-corrected chi connectivity index (χ3v) is 2.13. The molecule has 0 spiro atoms. The first kappa shape index (κ1) is 11.5. The fraction of sp³-hybridized carbons (Fsp3) is 0.636. The van der Waals surface area contributed by atoms with Crippen LogP contribution in [0.4, 0.5) is 0 Å². The minimum Gasteiger partial charge on any atom is -0.0980 e. The van der Waals surface area contributed by atoms with Crippen LogP contribution >= 0.6 is 0 Å². The van der Waals surface area contributed by atoms with Crippen LogP contribution in [0, 0.1) is 5.41 Å². The normalized spacial score (nSPS) is 13.0. The van der Waals surface area contributed by atoms with Gasteiger partial charge in [-0.25, -0.2) is 0 Å². The third kappa shape index (κ3) is 3.80. The van der Waals surface area contributed by atoms with Gasteiger partial charge in [-0.1, -0.05) is 43.5 Å². The Morgan fingerprint density at radius 3 is 1.75 bits per heavy atom. The zero-order valence-corrected chi connectivity index (χ0v) is 9.15. The number of allylic oxidation sites excluding steroid dienone is 4. The van der Waals surface area contributed by atoms with Crippen molar-refractivity contribution in [2.45, 2.75) is 41.5 Å². The molecule has 0 atom stereocenters. The first-order valence-corrected chi connectivity index (χ1v) is 4.37. The summed E-state index contributed by atoms with van der Waals surface area (Å²) in [5.74, 6) is 0. The Balaban J connectivity index is 4.71. The second-order valence-electron chi connectivity index (χ2n) is 4.53. The van der Waals surface area contributed by atoms with Crippen molar-refractivity contribution in [2.24, 2.45) is 5.41 Å². The summed E-state index contributed by atoms with van der Waals surface area (Å²) in [7, 11) is 5.82. The molecule has 0 aliphatic heterocycles. The zero-order chi connectivity index (χ0) is 9.94. The largest absolute Gasteiger partial charge is 0.113 e. The molecule has 0 aliphatic rings. The Hall–Kier alpha value is -0.455. The van der Waals surface area contributed by atoms with Crippen molar-refractivity contribution in [1.29, 1.82) is 0 Å². The van der Waals surface area contributed by atoms with Gasteiger partial charge < -0.3 is 0 Å². The molecule has 0 unspecified atom stereocenters. The zero-order valence-electron chi connectivity index (χ0n) is 9.15. The van der Waals surface area contributed by atoms with Crippen molar-refractivity contribution in [3.8, 4) is 0 Å². The minimum absolute atomic E-state index is 0.222. The summed E-state index contributed by atoms with van der Waals surface area (Å²) < 4.78 is 0. The predicted octanol–water partition coefficient (Wildman–Crippen LogP) is 3.44. The molecule has 0 aromatic heterocycles. The predicted molar refractivity (Wildman–Crippen MR) is 57.3 cm³/mol. The molecule has 0 aromatic carbocycles. The van der Waals surface area contributed by atoms with Crippen LogP contribution < -0.4 is 0 Å². The second-order valence-corrected chi connectivity index (χ2v) is 4.53. The van der Waals surface area contributed by atoms with Gasteiger partial charge in [0.1, 0.15) is 7.85 Å². The smallest absolute Gasteiger partial charge is 0.0980 e. The maximum Gasteiger partial charge on any atom is 0.113 e. The van der Waals surface area contributed by atoms with Crippen molar-refractivity contribution in [2.75, 3.05) is 0 Å². The standard InChI is InChI=1S/C11H19B/c1-8(2)10(12)7-9(3)11(4,5)6/h7H,1-6H3/b9-7+. The van der Waals surface area contributed by atoms with Crippen molar-refractivity contribution >= 4 is 7.85 Å². The van der Waals surface area contributed by atoms with Crippen LogP contribution in [0.5, 0.6) is 0 Å². The molecule has 0 saturated carbocycles. The topological polar surface area (TPSA) is 0 Å². The van der Waals surface area contributed by atoms with Crippen molar-refractivity contribution in [3.05, 3.63) is 22.7 Å². The van der Waals surface area contributed by atoms with Gasteiger partial charge in [-0.05, 0) is 26.2 Å². The SMILES string of the molecule is [B]C(/C=C(\C)C(C)(C)C)=C(C)C. The third-order valence-electron chi connectivity index (χ3n) is 2.13. The number of hydrogen-bond donors (Lipinski definition) is 0. The highest BCUT2D eigenvalue weighted by Gasteiger charge is 2.11. The van der Waals surface area contributed by atoms with Crippen LogP contribution in [-0.2, 0) is 0 Å². The lowest BCUT2D eigenvalue weighted by molar-refractivity contribution is 0.504. The van der Waals surface area contributed by atoms with E-state index in [4.69, 9.17) is 7.85 Å². The quantitative estimate of drug-likeness (QED) is 0.409. The Morgan fingerprint density at radius 2 is 1.50 bits per heavy atom. The van der Waals surface area contributed by atoms with Crippen LogP contribution in [0.2, 0.25) is 0 Å². The van der Waals surface area contributed by atoms with Crippen LogP contribution in [0.15, 0.2) is 22.7 Å². The summed E-state index contributed by atoms with van der Waals surface area (Å²) in [4.78, 5) is 0. The van der Waals surface area contributed by atoms with Crippen molar-refractivity contribution < 1.29 is 0 Å². The fourth-order valence-electron chi connectivity index (χ4n) is 0.594. The van der Waals surface area contributed by atoms with Crippen LogP contribution in [-0.4, -0.2) is 7.85 Å². The Labute approximate surface area is 78.2 Å². The molecule has 0 N–H and O–H groups in total.